The minimum Gasteiger partial charge on any atom is -0.376 e. The molecule has 2 aliphatic heterocycles. The number of carbonyl (C=O) groups excluding carboxylic acids is 2. The normalized spacial score (nSPS) is 19.4. The highest BCUT2D eigenvalue weighted by atomic mass is 19.1. The second-order valence-electron chi connectivity index (χ2n) is 7.86. The van der Waals surface area contributed by atoms with Crippen molar-refractivity contribution in [2.75, 3.05) is 61.5 Å². The van der Waals surface area contributed by atoms with Crippen LogP contribution in [0.1, 0.15) is 6.42 Å². The second kappa shape index (κ2) is 8.25. The molecule has 1 atom stereocenters. The number of hydrogen-bond acceptors (Lipinski definition) is 6. The Bertz CT molecular complexity index is 927. The number of amides is 2. The van der Waals surface area contributed by atoms with E-state index in [2.05, 4.69) is 15.1 Å². The second-order valence-corrected chi connectivity index (χ2v) is 7.86. The summed E-state index contributed by atoms with van der Waals surface area (Å²) in [5.41, 5.74) is 1.60. The molecule has 2 aromatic rings. The molecule has 2 fully saturated rings. The predicted molar refractivity (Wildman–Crippen MR) is 112 cm³/mol. The zero-order chi connectivity index (χ0) is 21.3. The molecule has 3 heterocycles. The van der Waals surface area contributed by atoms with E-state index in [0.717, 1.165) is 11.5 Å². The van der Waals surface area contributed by atoms with Crippen LogP contribution in [-0.2, 0) is 9.59 Å². The van der Waals surface area contributed by atoms with Crippen molar-refractivity contribution < 1.29 is 14.0 Å². The Morgan fingerprint density at radius 1 is 1.13 bits per heavy atom. The van der Waals surface area contributed by atoms with Crippen LogP contribution in [0.5, 0.6) is 0 Å². The van der Waals surface area contributed by atoms with Crippen LogP contribution in [0.2, 0.25) is 0 Å². The SMILES string of the molecule is CN(C)c1cnnc(N2CCN(C(=O)C3CC(=O)N(c4ccc(F)cc4)C3)CC2)c1. The molecule has 0 saturated carbocycles. The molecule has 0 spiro atoms. The number of halogens is 1. The van der Waals surface area contributed by atoms with Crippen molar-refractivity contribution in [3.8, 4) is 0 Å². The first-order valence-corrected chi connectivity index (χ1v) is 10.0. The van der Waals surface area contributed by atoms with Crippen LogP contribution in [0.3, 0.4) is 0 Å². The van der Waals surface area contributed by atoms with Crippen molar-refractivity contribution in [1.82, 2.24) is 15.1 Å². The minimum atomic E-state index is -0.369. The maximum atomic E-state index is 13.2. The van der Waals surface area contributed by atoms with Crippen LogP contribution in [0, 0.1) is 11.7 Å². The summed E-state index contributed by atoms with van der Waals surface area (Å²) >= 11 is 0. The average Bonchev–Trinajstić information content (AvgIpc) is 3.15. The molecular weight excluding hydrogens is 387 g/mol. The molecule has 0 aliphatic carbocycles. The summed E-state index contributed by atoms with van der Waals surface area (Å²) in [6, 6.07) is 7.78. The Balaban J connectivity index is 1.36. The number of benzene rings is 1. The smallest absolute Gasteiger partial charge is 0.228 e. The van der Waals surface area contributed by atoms with Gasteiger partial charge < -0.3 is 19.6 Å². The molecule has 1 aromatic heterocycles. The first kappa shape index (κ1) is 20.1. The first-order chi connectivity index (χ1) is 14.4. The number of rotatable bonds is 4. The van der Waals surface area contributed by atoms with Gasteiger partial charge in [-0.2, -0.15) is 5.10 Å². The lowest BCUT2D eigenvalue weighted by molar-refractivity contribution is -0.136. The molecule has 2 amide bonds. The number of hydrogen-bond donors (Lipinski definition) is 0. The monoisotopic (exact) mass is 412 g/mol. The van der Waals surface area contributed by atoms with Gasteiger partial charge in [0.05, 0.1) is 17.8 Å². The van der Waals surface area contributed by atoms with Gasteiger partial charge >= 0.3 is 0 Å². The highest BCUT2D eigenvalue weighted by molar-refractivity contribution is 6.00. The van der Waals surface area contributed by atoms with E-state index >= 15 is 0 Å². The van der Waals surface area contributed by atoms with Crippen LogP contribution in [0.15, 0.2) is 36.5 Å². The van der Waals surface area contributed by atoms with E-state index < -0.39 is 0 Å². The topological polar surface area (TPSA) is 72.9 Å². The molecule has 0 bridgehead atoms. The molecule has 2 saturated heterocycles. The third-order valence-electron chi connectivity index (χ3n) is 5.67. The predicted octanol–water partition coefficient (Wildman–Crippen LogP) is 1.38. The largest absolute Gasteiger partial charge is 0.376 e. The van der Waals surface area contributed by atoms with E-state index in [1.54, 1.807) is 23.2 Å². The fourth-order valence-electron chi connectivity index (χ4n) is 3.90. The fraction of sp³-hybridized carbons (Fsp3) is 0.429. The van der Waals surface area contributed by atoms with Crippen LogP contribution in [-0.4, -0.2) is 73.7 Å². The Kier molecular flexibility index (Phi) is 5.52. The van der Waals surface area contributed by atoms with Gasteiger partial charge in [0.1, 0.15) is 5.82 Å². The first-order valence-electron chi connectivity index (χ1n) is 10.0. The third kappa shape index (κ3) is 4.05. The molecule has 4 rings (SSSR count). The minimum absolute atomic E-state index is 0.000683. The zero-order valence-electron chi connectivity index (χ0n) is 17.2. The summed E-state index contributed by atoms with van der Waals surface area (Å²) in [6.45, 7) is 2.82. The van der Waals surface area contributed by atoms with Gasteiger partial charge in [-0.15, -0.1) is 5.10 Å². The maximum absolute atomic E-state index is 13.2. The molecule has 0 N–H and O–H groups in total. The van der Waals surface area contributed by atoms with Crippen LogP contribution in [0.25, 0.3) is 0 Å². The van der Waals surface area contributed by atoms with E-state index in [1.165, 1.54) is 12.1 Å². The highest BCUT2D eigenvalue weighted by Gasteiger charge is 2.38. The maximum Gasteiger partial charge on any atom is 0.228 e. The van der Waals surface area contributed by atoms with E-state index in [0.29, 0.717) is 38.4 Å². The van der Waals surface area contributed by atoms with Crippen molar-refractivity contribution in [3.63, 3.8) is 0 Å². The Hall–Kier alpha value is -3.23. The van der Waals surface area contributed by atoms with Crippen molar-refractivity contribution in [2.24, 2.45) is 5.92 Å². The van der Waals surface area contributed by atoms with Crippen LogP contribution in [0.4, 0.5) is 21.6 Å². The molecule has 1 aromatic carbocycles. The van der Waals surface area contributed by atoms with Gasteiger partial charge in [-0.1, -0.05) is 0 Å². The van der Waals surface area contributed by atoms with Crippen molar-refractivity contribution in [3.05, 3.63) is 42.3 Å². The third-order valence-corrected chi connectivity index (χ3v) is 5.67. The van der Waals surface area contributed by atoms with Gasteiger partial charge in [0.15, 0.2) is 5.82 Å². The van der Waals surface area contributed by atoms with Crippen LogP contribution >= 0.6 is 0 Å². The molecule has 30 heavy (non-hydrogen) atoms. The highest BCUT2D eigenvalue weighted by Crippen LogP contribution is 2.27. The molecule has 8 nitrogen and oxygen atoms in total. The number of anilines is 3. The van der Waals surface area contributed by atoms with E-state index in [9.17, 15) is 14.0 Å². The molecule has 1 unspecified atom stereocenters. The van der Waals surface area contributed by atoms with Gasteiger partial charge in [-0.25, -0.2) is 4.39 Å². The summed E-state index contributed by atoms with van der Waals surface area (Å²) in [7, 11) is 3.91. The summed E-state index contributed by atoms with van der Waals surface area (Å²) < 4.78 is 13.2. The number of carbonyl (C=O) groups is 2. The average molecular weight is 412 g/mol. The lowest BCUT2D eigenvalue weighted by Crippen LogP contribution is -2.51. The van der Waals surface area contributed by atoms with E-state index in [1.807, 2.05) is 30.0 Å². The van der Waals surface area contributed by atoms with E-state index in [-0.39, 0.29) is 30.0 Å². The van der Waals surface area contributed by atoms with Gasteiger partial charge in [0.25, 0.3) is 0 Å². The zero-order valence-corrected chi connectivity index (χ0v) is 17.2. The lowest BCUT2D eigenvalue weighted by atomic mass is 10.1. The standard InChI is InChI=1S/C21H25FN6O2/c1-25(2)18-12-19(24-23-13-18)26-7-9-27(10-8-26)21(30)15-11-20(29)28(14-15)17-5-3-16(22)4-6-17/h3-6,12-13,15H,7-11,14H2,1-2H3. The van der Waals surface area contributed by atoms with Gasteiger partial charge in [-0.3, -0.25) is 9.59 Å². The lowest BCUT2D eigenvalue weighted by Gasteiger charge is -2.36. The number of piperazine rings is 1. The van der Waals surface area contributed by atoms with Gasteiger partial charge in [0.2, 0.25) is 11.8 Å². The molecular formula is C21H25FN6O2. The Labute approximate surface area is 174 Å². The van der Waals surface area contributed by atoms with Gasteiger partial charge in [-0.05, 0) is 24.3 Å². The number of nitrogens with zero attached hydrogens (tertiary/aromatic N) is 6. The van der Waals surface area contributed by atoms with Gasteiger partial charge in [0, 0.05) is 65.0 Å². The fourth-order valence-corrected chi connectivity index (χ4v) is 3.90. The Morgan fingerprint density at radius 3 is 2.50 bits per heavy atom. The van der Waals surface area contributed by atoms with Crippen LogP contribution < -0.4 is 14.7 Å². The number of aromatic nitrogens is 2. The Morgan fingerprint density at radius 2 is 1.83 bits per heavy atom. The van der Waals surface area contributed by atoms with E-state index in [4.69, 9.17) is 0 Å². The van der Waals surface area contributed by atoms with Crippen molar-refractivity contribution >= 4 is 29.0 Å². The molecule has 158 valence electrons. The summed E-state index contributed by atoms with van der Waals surface area (Å²) in [5, 5.41) is 8.29. The molecule has 0 radical (unpaired) electrons. The summed E-state index contributed by atoms with van der Waals surface area (Å²) in [6.07, 6.45) is 1.90. The quantitative estimate of drug-likeness (QED) is 0.756. The van der Waals surface area contributed by atoms with Crippen molar-refractivity contribution in [1.29, 1.82) is 0 Å². The van der Waals surface area contributed by atoms with Crippen molar-refractivity contribution in [2.45, 2.75) is 6.42 Å². The summed E-state index contributed by atoms with van der Waals surface area (Å²) in [4.78, 5) is 32.9. The molecule has 2 aliphatic rings. The molecule has 9 heteroatoms. The summed E-state index contributed by atoms with van der Waals surface area (Å²) in [5.74, 6) is -0.0235.